The van der Waals surface area contributed by atoms with Gasteiger partial charge in [0.15, 0.2) is 29.0 Å². The summed E-state index contributed by atoms with van der Waals surface area (Å²) in [5.74, 6) is -5.21. The number of halogens is 3. The van der Waals surface area contributed by atoms with Crippen molar-refractivity contribution < 1.29 is 22.8 Å². The summed E-state index contributed by atoms with van der Waals surface area (Å²) in [4.78, 5) is 33.7. The van der Waals surface area contributed by atoms with Crippen LogP contribution in [0.25, 0.3) is 11.3 Å². The summed E-state index contributed by atoms with van der Waals surface area (Å²) >= 11 is 0. The van der Waals surface area contributed by atoms with Crippen LogP contribution in [-0.4, -0.2) is 40.9 Å². The maximum absolute atomic E-state index is 13.4. The summed E-state index contributed by atoms with van der Waals surface area (Å²) in [5, 5.41) is 8.65. The molecular formula is C24H23F3N6O2. The monoisotopic (exact) mass is 484 g/mol. The fraction of sp³-hybridized carbons (Fsp3) is 0.250. The number of piperidine rings is 1. The van der Waals surface area contributed by atoms with Crippen molar-refractivity contribution in [3.8, 4) is 11.3 Å². The average molecular weight is 484 g/mol. The van der Waals surface area contributed by atoms with Crippen LogP contribution in [0, 0.1) is 17.5 Å². The van der Waals surface area contributed by atoms with Gasteiger partial charge in [-0.25, -0.2) is 23.1 Å². The zero-order valence-electron chi connectivity index (χ0n) is 18.6. The van der Waals surface area contributed by atoms with Crippen LogP contribution in [0.15, 0.2) is 42.6 Å². The normalized spacial score (nSPS) is 15.5. The number of nitrogens with two attached hydrogens (primary N) is 1. The Labute approximate surface area is 199 Å². The summed E-state index contributed by atoms with van der Waals surface area (Å²) in [6.07, 6.45) is 3.20. The maximum Gasteiger partial charge on any atom is 0.274 e. The Balaban J connectivity index is 1.48. The summed E-state index contributed by atoms with van der Waals surface area (Å²) in [5.41, 5.74) is 7.03. The lowest BCUT2D eigenvalue weighted by Gasteiger charge is -2.23. The van der Waals surface area contributed by atoms with Crippen molar-refractivity contribution in [2.24, 2.45) is 0 Å². The van der Waals surface area contributed by atoms with E-state index in [-0.39, 0.29) is 35.2 Å². The summed E-state index contributed by atoms with van der Waals surface area (Å²) in [6.45, 7) is 1.36. The largest absolute Gasteiger partial charge is 0.382 e. The maximum atomic E-state index is 13.4. The minimum absolute atomic E-state index is 0.0108. The predicted molar refractivity (Wildman–Crippen MR) is 123 cm³/mol. The number of nitrogen functional groups attached to an aromatic ring is 1. The quantitative estimate of drug-likeness (QED) is 0.399. The predicted octanol–water partition coefficient (Wildman–Crippen LogP) is 2.55. The summed E-state index contributed by atoms with van der Waals surface area (Å²) in [7, 11) is 0. The van der Waals surface area contributed by atoms with E-state index in [0.717, 1.165) is 31.5 Å². The molecule has 0 aliphatic carbocycles. The number of carbonyl (C=O) groups excluding carboxylic acids is 2. The molecule has 5 N–H and O–H groups in total. The molecule has 4 rings (SSSR count). The fourth-order valence-electron chi connectivity index (χ4n) is 3.75. The molecule has 1 unspecified atom stereocenters. The molecule has 1 aromatic heterocycles. The summed E-state index contributed by atoms with van der Waals surface area (Å²) in [6, 6.07) is 7.98. The molecule has 0 radical (unpaired) electrons. The smallest absolute Gasteiger partial charge is 0.274 e. The Hall–Kier alpha value is -3.99. The SMILES string of the molecule is Nc1ncc(-c2cccc(C(=O)NCc3cc(F)c(F)c(F)c3)c2)nc1C(=O)NC1CCCNC1. The van der Waals surface area contributed by atoms with Crippen LogP contribution in [0.3, 0.4) is 0 Å². The lowest BCUT2D eigenvalue weighted by molar-refractivity contribution is 0.0923. The van der Waals surface area contributed by atoms with Gasteiger partial charge in [0.05, 0.1) is 11.9 Å². The number of hydrogen-bond acceptors (Lipinski definition) is 6. The van der Waals surface area contributed by atoms with Gasteiger partial charge in [0.1, 0.15) is 0 Å². The van der Waals surface area contributed by atoms with Crippen molar-refractivity contribution >= 4 is 17.6 Å². The van der Waals surface area contributed by atoms with Gasteiger partial charge in [0, 0.05) is 30.3 Å². The number of carbonyl (C=O) groups is 2. The van der Waals surface area contributed by atoms with Gasteiger partial charge in [-0.1, -0.05) is 12.1 Å². The van der Waals surface area contributed by atoms with Crippen molar-refractivity contribution in [2.75, 3.05) is 18.8 Å². The Kier molecular flexibility index (Phi) is 7.25. The number of anilines is 1. The standard InChI is InChI=1S/C24H23F3N6O2/c25-17-7-13(8-18(26)20(17)27)10-31-23(34)15-4-1-3-14(9-15)19-12-30-22(28)21(33-19)24(35)32-16-5-2-6-29-11-16/h1,3-4,7-9,12,16,29H,2,5-6,10-11H2,(H2,28,30)(H,31,34)(H,32,35). The van der Waals surface area contributed by atoms with E-state index in [9.17, 15) is 22.8 Å². The van der Waals surface area contributed by atoms with Crippen LogP contribution in [0.2, 0.25) is 0 Å². The van der Waals surface area contributed by atoms with Gasteiger partial charge in [-0.3, -0.25) is 9.59 Å². The van der Waals surface area contributed by atoms with Crippen LogP contribution in [0.1, 0.15) is 39.3 Å². The van der Waals surface area contributed by atoms with E-state index in [4.69, 9.17) is 5.73 Å². The number of nitrogens with zero attached hydrogens (tertiary/aromatic N) is 2. The van der Waals surface area contributed by atoms with E-state index >= 15 is 0 Å². The van der Waals surface area contributed by atoms with Crippen molar-refractivity contribution in [2.45, 2.75) is 25.4 Å². The highest BCUT2D eigenvalue weighted by Crippen LogP contribution is 2.20. The van der Waals surface area contributed by atoms with E-state index in [2.05, 4.69) is 25.9 Å². The Bertz CT molecular complexity index is 1240. The third kappa shape index (κ3) is 5.75. The molecule has 1 atom stereocenters. The minimum atomic E-state index is -1.57. The van der Waals surface area contributed by atoms with Crippen molar-refractivity contribution in [1.82, 2.24) is 25.9 Å². The first kappa shape index (κ1) is 24.1. The van der Waals surface area contributed by atoms with Crippen LogP contribution in [-0.2, 0) is 6.54 Å². The second kappa shape index (κ2) is 10.5. The average Bonchev–Trinajstić information content (AvgIpc) is 2.86. The van der Waals surface area contributed by atoms with E-state index < -0.39 is 29.3 Å². The number of rotatable bonds is 6. The molecule has 11 heteroatoms. The number of benzene rings is 2. The Morgan fingerprint density at radius 1 is 1.11 bits per heavy atom. The second-order valence-electron chi connectivity index (χ2n) is 8.14. The molecule has 8 nitrogen and oxygen atoms in total. The molecule has 2 aromatic carbocycles. The zero-order chi connectivity index (χ0) is 24.9. The highest BCUT2D eigenvalue weighted by molar-refractivity contribution is 5.97. The Morgan fingerprint density at radius 2 is 1.89 bits per heavy atom. The molecule has 1 aliphatic rings. The van der Waals surface area contributed by atoms with E-state index in [1.807, 2.05) is 0 Å². The highest BCUT2D eigenvalue weighted by Gasteiger charge is 2.20. The molecule has 1 fully saturated rings. The van der Waals surface area contributed by atoms with Gasteiger partial charge >= 0.3 is 0 Å². The lowest BCUT2D eigenvalue weighted by atomic mass is 10.1. The molecule has 182 valence electrons. The molecule has 0 saturated carbocycles. The Morgan fingerprint density at radius 3 is 2.60 bits per heavy atom. The van der Waals surface area contributed by atoms with Gasteiger partial charge in [0.25, 0.3) is 11.8 Å². The number of amides is 2. The van der Waals surface area contributed by atoms with Crippen LogP contribution in [0.5, 0.6) is 0 Å². The molecular weight excluding hydrogens is 461 g/mol. The molecule has 0 spiro atoms. The second-order valence-corrected chi connectivity index (χ2v) is 8.14. The molecule has 1 saturated heterocycles. The van der Waals surface area contributed by atoms with Gasteiger partial charge in [-0.2, -0.15) is 0 Å². The first-order valence-corrected chi connectivity index (χ1v) is 11.0. The van der Waals surface area contributed by atoms with E-state index in [1.165, 1.54) is 12.3 Å². The minimum Gasteiger partial charge on any atom is -0.382 e. The number of aromatic nitrogens is 2. The van der Waals surface area contributed by atoms with Crippen molar-refractivity contribution in [3.63, 3.8) is 0 Å². The molecule has 3 aromatic rings. The van der Waals surface area contributed by atoms with Gasteiger partial charge in [-0.15, -0.1) is 0 Å². The van der Waals surface area contributed by atoms with Crippen LogP contribution >= 0.6 is 0 Å². The molecule has 2 heterocycles. The highest BCUT2D eigenvalue weighted by atomic mass is 19.2. The van der Waals surface area contributed by atoms with Crippen LogP contribution in [0.4, 0.5) is 19.0 Å². The van der Waals surface area contributed by atoms with Crippen molar-refractivity contribution in [1.29, 1.82) is 0 Å². The molecule has 35 heavy (non-hydrogen) atoms. The van der Waals surface area contributed by atoms with E-state index in [1.54, 1.807) is 18.2 Å². The zero-order valence-corrected chi connectivity index (χ0v) is 18.6. The van der Waals surface area contributed by atoms with Crippen molar-refractivity contribution in [3.05, 3.63) is 76.9 Å². The summed E-state index contributed by atoms with van der Waals surface area (Å²) < 4.78 is 39.9. The molecule has 0 bridgehead atoms. The van der Waals surface area contributed by atoms with E-state index in [0.29, 0.717) is 17.8 Å². The first-order chi connectivity index (χ1) is 16.8. The topological polar surface area (TPSA) is 122 Å². The van der Waals surface area contributed by atoms with Gasteiger partial charge in [-0.05, 0) is 49.2 Å². The van der Waals surface area contributed by atoms with Gasteiger partial charge in [0.2, 0.25) is 0 Å². The van der Waals surface area contributed by atoms with Crippen LogP contribution < -0.4 is 21.7 Å². The number of nitrogens with one attached hydrogen (secondary N) is 3. The fourth-order valence-corrected chi connectivity index (χ4v) is 3.75. The molecule has 1 aliphatic heterocycles. The number of hydrogen-bond donors (Lipinski definition) is 4. The lowest BCUT2D eigenvalue weighted by Crippen LogP contribution is -2.46. The third-order valence-corrected chi connectivity index (χ3v) is 5.57. The van der Waals surface area contributed by atoms with Gasteiger partial charge < -0.3 is 21.7 Å². The first-order valence-electron chi connectivity index (χ1n) is 11.0. The molecule has 2 amide bonds. The third-order valence-electron chi connectivity index (χ3n) is 5.57.